The molecule has 0 aromatic heterocycles. The molecule has 0 spiro atoms. The molecule has 0 atom stereocenters. The van der Waals surface area contributed by atoms with Crippen molar-refractivity contribution in [1.82, 2.24) is 0 Å². The zero-order chi connectivity index (χ0) is 15.9. The predicted octanol–water partition coefficient (Wildman–Crippen LogP) is 1.47. The summed E-state index contributed by atoms with van der Waals surface area (Å²) in [5, 5.41) is 12.0. The maximum Gasteiger partial charge on any atom is 0.306 e. The van der Waals surface area contributed by atoms with Crippen LogP contribution >= 0.6 is 0 Å². The van der Waals surface area contributed by atoms with E-state index in [0.717, 1.165) is 0 Å². The summed E-state index contributed by atoms with van der Waals surface area (Å²) in [4.78, 5) is 24.5. The number of carbonyl (C=O) groups excluding carboxylic acids is 1. The summed E-state index contributed by atoms with van der Waals surface area (Å²) in [6.07, 6.45) is -0.498. The molecule has 0 aromatic carbocycles. The number of carboxylic acids is 1. The lowest BCUT2D eigenvalue weighted by atomic mass is 9.90. The van der Waals surface area contributed by atoms with E-state index in [-0.39, 0.29) is 39.2 Å². The van der Waals surface area contributed by atoms with Gasteiger partial charge in [-0.1, -0.05) is 5.11 Å². The van der Waals surface area contributed by atoms with Crippen LogP contribution in [0.25, 0.3) is 10.4 Å². The Labute approximate surface area is 121 Å². The molecule has 0 aliphatic carbocycles. The summed E-state index contributed by atoms with van der Waals surface area (Å²) in [6.45, 7) is 3.94. The molecule has 1 heterocycles. The Balaban J connectivity index is 2.56. The first-order chi connectivity index (χ1) is 9.79. The van der Waals surface area contributed by atoms with Crippen molar-refractivity contribution >= 4 is 11.9 Å². The molecule has 1 aliphatic heterocycles. The molecule has 9 heteroatoms. The Bertz CT molecular complexity index is 434. The fourth-order valence-electron chi connectivity index (χ4n) is 1.65. The first-order valence-electron chi connectivity index (χ1n) is 6.45. The Morgan fingerprint density at radius 1 is 1.33 bits per heavy atom. The van der Waals surface area contributed by atoms with Crippen LogP contribution in [-0.2, 0) is 23.8 Å². The van der Waals surface area contributed by atoms with E-state index in [4.69, 9.17) is 24.8 Å². The van der Waals surface area contributed by atoms with Gasteiger partial charge in [-0.05, 0) is 19.4 Å². The minimum absolute atomic E-state index is 0.0550. The molecule has 0 amide bonds. The van der Waals surface area contributed by atoms with Gasteiger partial charge in [0.2, 0.25) is 0 Å². The number of esters is 1. The summed E-state index contributed by atoms with van der Waals surface area (Å²) in [6, 6.07) is 0. The van der Waals surface area contributed by atoms with Gasteiger partial charge in [-0.15, -0.1) is 0 Å². The maximum atomic E-state index is 11.5. The summed E-state index contributed by atoms with van der Waals surface area (Å²) in [5.41, 5.74) is 7.69. The van der Waals surface area contributed by atoms with Gasteiger partial charge in [0.15, 0.2) is 5.79 Å². The highest BCUT2D eigenvalue weighted by Gasteiger charge is 2.41. The van der Waals surface area contributed by atoms with Crippen LogP contribution in [0.4, 0.5) is 0 Å². The van der Waals surface area contributed by atoms with Gasteiger partial charge in [0.1, 0.15) is 6.61 Å². The highest BCUT2D eigenvalue weighted by atomic mass is 16.7. The standard InChI is InChI=1S/C12H19N3O6/c1-11(2)20-7-12(8-21-11,5-14-15-13)6-19-10(18)4-3-9(16)17/h3-8H2,1-2H3,(H,16,17). The normalized spacial score (nSPS) is 19.3. The molecule has 118 valence electrons. The van der Waals surface area contributed by atoms with Crippen LogP contribution < -0.4 is 0 Å². The third-order valence-electron chi connectivity index (χ3n) is 3.00. The van der Waals surface area contributed by atoms with Gasteiger partial charge >= 0.3 is 11.9 Å². The van der Waals surface area contributed by atoms with Crippen molar-refractivity contribution in [3.05, 3.63) is 10.4 Å². The van der Waals surface area contributed by atoms with Crippen LogP contribution in [-0.4, -0.2) is 49.2 Å². The largest absolute Gasteiger partial charge is 0.481 e. The number of ether oxygens (including phenoxy) is 3. The topological polar surface area (TPSA) is 131 Å². The van der Waals surface area contributed by atoms with Crippen LogP contribution in [0.5, 0.6) is 0 Å². The van der Waals surface area contributed by atoms with E-state index < -0.39 is 23.1 Å². The molecule has 21 heavy (non-hydrogen) atoms. The van der Waals surface area contributed by atoms with Gasteiger partial charge in [0.25, 0.3) is 0 Å². The van der Waals surface area contributed by atoms with Gasteiger partial charge in [-0.25, -0.2) is 0 Å². The minimum Gasteiger partial charge on any atom is -0.481 e. The monoisotopic (exact) mass is 301 g/mol. The van der Waals surface area contributed by atoms with Crippen LogP contribution in [0.15, 0.2) is 5.11 Å². The highest BCUT2D eigenvalue weighted by molar-refractivity contribution is 5.76. The first kappa shape index (κ1) is 17.2. The minimum atomic E-state index is -1.07. The molecule has 1 aliphatic rings. The molecule has 0 bridgehead atoms. The predicted molar refractivity (Wildman–Crippen MR) is 70.3 cm³/mol. The zero-order valence-electron chi connectivity index (χ0n) is 12.1. The zero-order valence-corrected chi connectivity index (χ0v) is 12.1. The highest BCUT2D eigenvalue weighted by Crippen LogP contribution is 2.30. The van der Waals surface area contributed by atoms with Gasteiger partial charge in [0.05, 0.1) is 31.5 Å². The fourth-order valence-corrected chi connectivity index (χ4v) is 1.65. The molecule has 1 saturated heterocycles. The molecule has 0 saturated carbocycles. The number of nitrogens with zero attached hydrogens (tertiary/aromatic N) is 3. The third kappa shape index (κ3) is 5.99. The fraction of sp³-hybridized carbons (Fsp3) is 0.833. The summed E-state index contributed by atoms with van der Waals surface area (Å²) >= 11 is 0. The Morgan fingerprint density at radius 2 is 1.95 bits per heavy atom. The molecule has 1 rings (SSSR count). The van der Waals surface area contributed by atoms with Crippen molar-refractivity contribution in [3.63, 3.8) is 0 Å². The van der Waals surface area contributed by atoms with Crippen molar-refractivity contribution in [1.29, 1.82) is 0 Å². The number of rotatable bonds is 7. The van der Waals surface area contributed by atoms with E-state index in [9.17, 15) is 9.59 Å². The third-order valence-corrected chi connectivity index (χ3v) is 3.00. The lowest BCUT2D eigenvalue weighted by molar-refractivity contribution is -0.288. The SMILES string of the molecule is CC1(C)OCC(CN=[N+]=[N-])(COC(=O)CCC(=O)O)CO1. The average molecular weight is 301 g/mol. The Kier molecular flexibility index (Phi) is 5.95. The van der Waals surface area contributed by atoms with Gasteiger partial charge < -0.3 is 19.3 Å². The number of aliphatic carboxylic acids is 1. The molecule has 0 radical (unpaired) electrons. The van der Waals surface area contributed by atoms with Crippen molar-refractivity contribution < 1.29 is 28.9 Å². The van der Waals surface area contributed by atoms with Crippen LogP contribution in [0.2, 0.25) is 0 Å². The molecular formula is C12H19N3O6. The molecule has 0 aromatic rings. The summed E-state index contributed by atoms with van der Waals surface area (Å²) in [7, 11) is 0. The molecular weight excluding hydrogens is 282 g/mol. The van der Waals surface area contributed by atoms with Gasteiger partial charge in [-0.3, -0.25) is 9.59 Å². The summed E-state index contributed by atoms with van der Waals surface area (Å²) in [5.74, 6) is -2.43. The second-order valence-corrected chi connectivity index (χ2v) is 5.42. The molecule has 1 N–H and O–H groups in total. The van der Waals surface area contributed by atoms with E-state index in [0.29, 0.717) is 0 Å². The van der Waals surface area contributed by atoms with Crippen molar-refractivity contribution in [2.45, 2.75) is 32.5 Å². The number of azide groups is 1. The van der Waals surface area contributed by atoms with Crippen molar-refractivity contribution in [2.75, 3.05) is 26.4 Å². The lowest BCUT2D eigenvalue weighted by Crippen LogP contribution is -2.50. The number of hydrogen-bond acceptors (Lipinski definition) is 6. The van der Waals surface area contributed by atoms with Crippen molar-refractivity contribution in [2.24, 2.45) is 10.5 Å². The van der Waals surface area contributed by atoms with E-state index >= 15 is 0 Å². The maximum absolute atomic E-state index is 11.5. The first-order valence-corrected chi connectivity index (χ1v) is 6.45. The van der Waals surface area contributed by atoms with E-state index in [1.165, 1.54) is 0 Å². The Hall–Kier alpha value is -1.83. The van der Waals surface area contributed by atoms with E-state index in [1.807, 2.05) is 0 Å². The van der Waals surface area contributed by atoms with Gasteiger partial charge in [0, 0.05) is 11.5 Å². The molecule has 0 unspecified atom stereocenters. The molecule has 1 fully saturated rings. The Morgan fingerprint density at radius 3 is 2.48 bits per heavy atom. The molecule has 9 nitrogen and oxygen atoms in total. The summed E-state index contributed by atoms with van der Waals surface area (Å²) < 4.78 is 16.1. The van der Waals surface area contributed by atoms with E-state index in [1.54, 1.807) is 13.8 Å². The number of carboxylic acid groups (broad SMARTS) is 1. The van der Waals surface area contributed by atoms with Crippen LogP contribution in [0, 0.1) is 5.41 Å². The average Bonchev–Trinajstić information content (AvgIpc) is 2.43. The quantitative estimate of drug-likeness (QED) is 0.328. The van der Waals surface area contributed by atoms with Crippen LogP contribution in [0.3, 0.4) is 0 Å². The lowest BCUT2D eigenvalue weighted by Gasteiger charge is -2.42. The smallest absolute Gasteiger partial charge is 0.306 e. The second kappa shape index (κ2) is 7.26. The number of carbonyl (C=O) groups is 2. The van der Waals surface area contributed by atoms with E-state index in [2.05, 4.69) is 10.0 Å². The van der Waals surface area contributed by atoms with Crippen LogP contribution in [0.1, 0.15) is 26.7 Å². The second-order valence-electron chi connectivity index (χ2n) is 5.42. The number of hydrogen-bond donors (Lipinski definition) is 1. The van der Waals surface area contributed by atoms with Crippen molar-refractivity contribution in [3.8, 4) is 0 Å². The van der Waals surface area contributed by atoms with Gasteiger partial charge in [-0.2, -0.15) is 0 Å².